The van der Waals surface area contributed by atoms with Gasteiger partial charge < -0.3 is 20.1 Å². The average molecular weight is 551 g/mol. The molecule has 0 aliphatic rings. The fourth-order valence-electron chi connectivity index (χ4n) is 3.19. The monoisotopic (exact) mass is 551 g/mol. The van der Waals surface area contributed by atoms with E-state index in [9.17, 15) is 8.78 Å². The summed E-state index contributed by atoms with van der Waals surface area (Å²) >= 11 is 0. The Hall–Kier alpha value is -2.11. The molecular formula is C21H32F2IN5O2. The minimum absolute atomic E-state index is 0. The van der Waals surface area contributed by atoms with E-state index < -0.39 is 6.61 Å². The first-order valence-corrected chi connectivity index (χ1v) is 9.90. The summed E-state index contributed by atoms with van der Waals surface area (Å²) in [5.41, 5.74) is 3.89. The van der Waals surface area contributed by atoms with E-state index >= 15 is 0 Å². The van der Waals surface area contributed by atoms with E-state index in [1.54, 1.807) is 12.1 Å². The van der Waals surface area contributed by atoms with Gasteiger partial charge in [0.15, 0.2) is 5.96 Å². The van der Waals surface area contributed by atoms with Crippen molar-refractivity contribution in [2.75, 3.05) is 13.7 Å². The van der Waals surface area contributed by atoms with Crippen molar-refractivity contribution in [3.63, 3.8) is 0 Å². The summed E-state index contributed by atoms with van der Waals surface area (Å²) in [4.78, 5) is 4.55. The number of nitrogens with one attached hydrogen (secondary N) is 2. The number of rotatable bonds is 9. The zero-order valence-corrected chi connectivity index (χ0v) is 21.2. The number of guanidine groups is 1. The van der Waals surface area contributed by atoms with Crippen LogP contribution in [-0.2, 0) is 20.0 Å². The molecule has 10 heteroatoms. The van der Waals surface area contributed by atoms with Crippen LogP contribution in [0.2, 0.25) is 0 Å². The van der Waals surface area contributed by atoms with Gasteiger partial charge in [0.25, 0.3) is 0 Å². The third kappa shape index (κ3) is 7.82. The number of aliphatic imine (C=N–C) groups is 1. The highest BCUT2D eigenvalue weighted by atomic mass is 127. The van der Waals surface area contributed by atoms with Crippen LogP contribution in [0.3, 0.4) is 0 Å². The Kier molecular flexibility index (Phi) is 11.0. The highest BCUT2D eigenvalue weighted by Gasteiger charge is 2.15. The summed E-state index contributed by atoms with van der Waals surface area (Å²) < 4.78 is 37.2. The van der Waals surface area contributed by atoms with Crippen molar-refractivity contribution in [3.8, 4) is 11.5 Å². The number of aryl methyl sites for hydroxylation is 2. The summed E-state index contributed by atoms with van der Waals surface area (Å²) in [7, 11) is 3.41. The van der Waals surface area contributed by atoms with Crippen LogP contribution in [0.25, 0.3) is 0 Å². The molecule has 174 valence electrons. The van der Waals surface area contributed by atoms with Crippen LogP contribution >= 0.6 is 24.0 Å². The Morgan fingerprint density at radius 2 is 2.00 bits per heavy atom. The molecule has 1 atom stereocenters. The molecule has 0 fully saturated rings. The summed E-state index contributed by atoms with van der Waals surface area (Å²) in [6, 6.07) is 4.90. The van der Waals surface area contributed by atoms with Crippen molar-refractivity contribution in [3.05, 3.63) is 40.7 Å². The van der Waals surface area contributed by atoms with Crippen LogP contribution in [-0.4, -0.2) is 42.0 Å². The van der Waals surface area contributed by atoms with Crippen LogP contribution < -0.4 is 20.1 Å². The lowest BCUT2D eigenvalue weighted by Crippen LogP contribution is -2.43. The van der Waals surface area contributed by atoms with Crippen molar-refractivity contribution >= 4 is 29.9 Å². The molecule has 0 amide bonds. The van der Waals surface area contributed by atoms with Gasteiger partial charge in [-0.15, -0.1) is 24.0 Å². The van der Waals surface area contributed by atoms with E-state index in [1.807, 2.05) is 25.6 Å². The summed E-state index contributed by atoms with van der Waals surface area (Å²) in [6.45, 7) is 6.02. The Bertz CT molecular complexity index is 874. The molecule has 2 aromatic rings. The van der Waals surface area contributed by atoms with E-state index in [0.29, 0.717) is 23.8 Å². The topological polar surface area (TPSA) is 72.7 Å². The summed E-state index contributed by atoms with van der Waals surface area (Å²) in [5, 5.41) is 11.0. The predicted molar refractivity (Wildman–Crippen MR) is 129 cm³/mol. The minimum atomic E-state index is -2.92. The number of benzene rings is 1. The molecule has 2 N–H and O–H groups in total. The zero-order valence-electron chi connectivity index (χ0n) is 18.8. The molecule has 1 aromatic carbocycles. The normalized spacial score (nSPS) is 12.4. The molecule has 0 bridgehead atoms. The number of halogens is 3. The number of alkyl halides is 2. The summed E-state index contributed by atoms with van der Waals surface area (Å²) in [6.07, 6.45) is 0.790. The fraction of sp³-hybridized carbons (Fsp3) is 0.524. The molecule has 0 radical (unpaired) electrons. The van der Waals surface area contributed by atoms with Crippen LogP contribution in [0, 0.1) is 13.8 Å². The number of nitrogens with zero attached hydrogens (tertiary/aromatic N) is 3. The van der Waals surface area contributed by atoms with Gasteiger partial charge in [0.1, 0.15) is 11.5 Å². The second-order valence-corrected chi connectivity index (χ2v) is 7.07. The Balaban J connectivity index is 0.00000480. The SMILES string of the molecule is CCNC(=NCc1ccc(OC)cc1OC(F)F)NC(C)Cc1c(C)nn(C)c1C.I. The highest BCUT2D eigenvalue weighted by molar-refractivity contribution is 14.0. The lowest BCUT2D eigenvalue weighted by Gasteiger charge is -2.18. The first-order valence-electron chi connectivity index (χ1n) is 9.90. The average Bonchev–Trinajstić information content (AvgIpc) is 2.92. The molecule has 0 aliphatic heterocycles. The van der Waals surface area contributed by atoms with Gasteiger partial charge in [0.05, 0.1) is 19.3 Å². The standard InChI is InChI=1S/C21H31F2N5O2.HI/c1-7-24-21(26-13(2)10-18-14(3)27-28(5)15(18)4)25-12-16-8-9-17(29-6)11-19(16)30-20(22)23;/h8-9,11,13,20H,7,10,12H2,1-6H3,(H2,24,25,26);1H. The smallest absolute Gasteiger partial charge is 0.387 e. The van der Waals surface area contributed by atoms with E-state index in [0.717, 1.165) is 17.8 Å². The van der Waals surface area contributed by atoms with Crippen LogP contribution in [0.1, 0.15) is 36.4 Å². The molecule has 7 nitrogen and oxygen atoms in total. The maximum absolute atomic E-state index is 12.8. The van der Waals surface area contributed by atoms with E-state index in [-0.39, 0.29) is 42.3 Å². The minimum Gasteiger partial charge on any atom is -0.497 e. The number of aromatic nitrogens is 2. The first kappa shape index (κ1) is 26.9. The number of hydrogen-bond acceptors (Lipinski definition) is 4. The predicted octanol–water partition coefficient (Wildman–Crippen LogP) is 3.95. The Labute approximate surface area is 199 Å². The Morgan fingerprint density at radius 3 is 2.55 bits per heavy atom. The van der Waals surface area contributed by atoms with Gasteiger partial charge in [0, 0.05) is 37.0 Å². The number of ether oxygens (including phenoxy) is 2. The third-order valence-electron chi connectivity index (χ3n) is 4.79. The highest BCUT2D eigenvalue weighted by Crippen LogP contribution is 2.27. The molecule has 0 spiro atoms. The van der Waals surface area contributed by atoms with Gasteiger partial charge in [-0.3, -0.25) is 4.68 Å². The quantitative estimate of drug-likeness (QED) is 0.281. The van der Waals surface area contributed by atoms with Gasteiger partial charge in [0.2, 0.25) is 0 Å². The van der Waals surface area contributed by atoms with Crippen LogP contribution in [0.5, 0.6) is 11.5 Å². The van der Waals surface area contributed by atoms with Gasteiger partial charge in [-0.25, -0.2) is 4.99 Å². The number of hydrogen-bond donors (Lipinski definition) is 2. The molecule has 31 heavy (non-hydrogen) atoms. The molecular weight excluding hydrogens is 519 g/mol. The maximum atomic E-state index is 12.8. The van der Waals surface area contributed by atoms with Crippen LogP contribution in [0.4, 0.5) is 8.78 Å². The molecule has 1 unspecified atom stereocenters. The molecule has 0 saturated heterocycles. The van der Waals surface area contributed by atoms with Crippen molar-refractivity contribution in [1.82, 2.24) is 20.4 Å². The van der Waals surface area contributed by atoms with E-state index in [4.69, 9.17) is 4.74 Å². The first-order chi connectivity index (χ1) is 14.2. The van der Waals surface area contributed by atoms with Gasteiger partial charge in [-0.1, -0.05) is 0 Å². The largest absolute Gasteiger partial charge is 0.497 e. The molecule has 2 rings (SSSR count). The van der Waals surface area contributed by atoms with Gasteiger partial charge in [-0.05, 0) is 51.8 Å². The van der Waals surface area contributed by atoms with E-state index in [1.165, 1.54) is 18.7 Å². The van der Waals surface area contributed by atoms with Crippen molar-refractivity contribution in [1.29, 1.82) is 0 Å². The third-order valence-corrected chi connectivity index (χ3v) is 4.79. The van der Waals surface area contributed by atoms with Gasteiger partial charge >= 0.3 is 6.61 Å². The Morgan fingerprint density at radius 1 is 1.29 bits per heavy atom. The number of methoxy groups -OCH3 is 1. The second kappa shape index (κ2) is 12.7. The van der Waals surface area contributed by atoms with Crippen molar-refractivity contribution < 1.29 is 18.3 Å². The summed E-state index contributed by atoms with van der Waals surface area (Å²) in [5.74, 6) is 1.10. The lowest BCUT2D eigenvalue weighted by atomic mass is 10.1. The molecule has 0 aliphatic carbocycles. The molecule has 0 saturated carbocycles. The fourth-order valence-corrected chi connectivity index (χ4v) is 3.19. The maximum Gasteiger partial charge on any atom is 0.387 e. The van der Waals surface area contributed by atoms with E-state index in [2.05, 4.69) is 39.3 Å². The van der Waals surface area contributed by atoms with Gasteiger partial charge in [-0.2, -0.15) is 13.9 Å². The van der Waals surface area contributed by atoms with Crippen molar-refractivity contribution in [2.24, 2.45) is 12.0 Å². The van der Waals surface area contributed by atoms with Crippen molar-refractivity contribution in [2.45, 2.75) is 53.3 Å². The molecule has 1 heterocycles. The molecule has 1 aromatic heterocycles. The second-order valence-electron chi connectivity index (χ2n) is 7.07. The van der Waals surface area contributed by atoms with Crippen LogP contribution in [0.15, 0.2) is 23.2 Å². The zero-order chi connectivity index (χ0) is 22.3. The lowest BCUT2D eigenvalue weighted by molar-refractivity contribution is -0.0505.